The molecule has 5 nitrogen and oxygen atoms in total. The maximum absolute atomic E-state index is 12.2. The molecule has 0 aliphatic heterocycles. The van der Waals surface area contributed by atoms with E-state index in [9.17, 15) is 9.90 Å². The first kappa shape index (κ1) is 12.9. The molecule has 0 radical (unpaired) electrons. The molecule has 96 valence electrons. The van der Waals surface area contributed by atoms with Crippen LogP contribution in [0.25, 0.3) is 10.9 Å². The van der Waals surface area contributed by atoms with Gasteiger partial charge in [0, 0.05) is 6.07 Å². The lowest BCUT2D eigenvalue weighted by Crippen LogP contribution is -2.26. The zero-order chi connectivity index (χ0) is 13.3. The second-order valence-corrected chi connectivity index (χ2v) is 4.37. The van der Waals surface area contributed by atoms with Crippen LogP contribution in [-0.2, 0) is 6.54 Å². The molecular formula is C12H13ClN2O3. The summed E-state index contributed by atoms with van der Waals surface area (Å²) < 4.78 is 6.32. The van der Waals surface area contributed by atoms with Gasteiger partial charge in [-0.15, -0.1) is 0 Å². The largest absolute Gasteiger partial charge is 0.497 e. The first-order valence-electron chi connectivity index (χ1n) is 5.45. The van der Waals surface area contributed by atoms with Gasteiger partial charge >= 0.3 is 0 Å². The molecule has 0 bridgehead atoms. The third kappa shape index (κ3) is 2.32. The van der Waals surface area contributed by atoms with E-state index >= 15 is 0 Å². The molecule has 0 saturated carbocycles. The van der Waals surface area contributed by atoms with Gasteiger partial charge in [-0.05, 0) is 30.7 Å². The number of fused-ring (bicyclic) bond motifs is 1. The summed E-state index contributed by atoms with van der Waals surface area (Å²) in [5.41, 5.74) is 0.208. The average Bonchev–Trinajstić information content (AvgIpc) is 2.33. The SMILES string of the molecule is COc1ccc2c(=O)n(CC(C)O)c(Cl)nc2c1. The van der Waals surface area contributed by atoms with Crippen molar-refractivity contribution in [2.45, 2.75) is 19.6 Å². The molecule has 1 atom stereocenters. The minimum atomic E-state index is -0.669. The molecule has 1 aromatic heterocycles. The van der Waals surface area contributed by atoms with Gasteiger partial charge < -0.3 is 9.84 Å². The number of halogens is 1. The number of aliphatic hydroxyl groups excluding tert-OH is 1. The number of nitrogens with zero attached hydrogens (tertiary/aromatic N) is 2. The molecule has 18 heavy (non-hydrogen) atoms. The highest BCUT2D eigenvalue weighted by molar-refractivity contribution is 6.28. The van der Waals surface area contributed by atoms with E-state index in [0.717, 1.165) is 0 Å². The van der Waals surface area contributed by atoms with Crippen molar-refractivity contribution in [2.24, 2.45) is 0 Å². The van der Waals surface area contributed by atoms with Crippen molar-refractivity contribution >= 4 is 22.5 Å². The van der Waals surface area contributed by atoms with Crippen molar-refractivity contribution in [3.8, 4) is 5.75 Å². The fraction of sp³-hybridized carbons (Fsp3) is 0.333. The number of rotatable bonds is 3. The summed E-state index contributed by atoms with van der Waals surface area (Å²) in [6, 6.07) is 4.97. The highest BCUT2D eigenvalue weighted by atomic mass is 35.5. The molecule has 0 fully saturated rings. The number of aromatic nitrogens is 2. The molecular weight excluding hydrogens is 256 g/mol. The average molecular weight is 269 g/mol. The Morgan fingerprint density at radius 3 is 2.89 bits per heavy atom. The molecule has 0 amide bonds. The first-order chi connectivity index (χ1) is 8.52. The standard InChI is InChI=1S/C12H13ClN2O3/c1-7(16)6-15-11(17)9-4-3-8(18-2)5-10(9)14-12(15)13/h3-5,7,16H,6H2,1-2H3. The van der Waals surface area contributed by atoms with Crippen molar-refractivity contribution in [1.29, 1.82) is 0 Å². The topological polar surface area (TPSA) is 64.3 Å². The predicted octanol–water partition coefficient (Wildman–Crippen LogP) is 1.44. The highest BCUT2D eigenvalue weighted by Gasteiger charge is 2.11. The molecule has 0 saturated heterocycles. The monoisotopic (exact) mass is 268 g/mol. The Hall–Kier alpha value is -1.59. The summed E-state index contributed by atoms with van der Waals surface area (Å²) in [7, 11) is 1.54. The lowest BCUT2D eigenvalue weighted by Gasteiger charge is -2.11. The van der Waals surface area contributed by atoms with Crippen LogP contribution in [0.1, 0.15) is 6.92 Å². The second kappa shape index (κ2) is 4.96. The number of methoxy groups -OCH3 is 1. The Kier molecular flexibility index (Phi) is 3.54. The predicted molar refractivity (Wildman–Crippen MR) is 69.2 cm³/mol. The fourth-order valence-corrected chi connectivity index (χ4v) is 1.96. The molecule has 1 unspecified atom stereocenters. The molecule has 2 rings (SSSR count). The van der Waals surface area contributed by atoms with Crippen LogP contribution in [0.2, 0.25) is 5.28 Å². The van der Waals surface area contributed by atoms with Gasteiger partial charge in [-0.2, -0.15) is 0 Å². The summed E-state index contributed by atoms with van der Waals surface area (Å²) >= 11 is 5.95. The van der Waals surface area contributed by atoms with E-state index < -0.39 is 6.10 Å². The van der Waals surface area contributed by atoms with Crippen LogP contribution in [0.5, 0.6) is 5.75 Å². The van der Waals surface area contributed by atoms with Crippen LogP contribution >= 0.6 is 11.6 Å². The van der Waals surface area contributed by atoms with Gasteiger partial charge in [0.05, 0.1) is 30.7 Å². The fourth-order valence-electron chi connectivity index (χ4n) is 1.72. The molecule has 6 heteroatoms. The van der Waals surface area contributed by atoms with Crippen LogP contribution in [-0.4, -0.2) is 27.9 Å². The van der Waals surface area contributed by atoms with Crippen LogP contribution in [0.4, 0.5) is 0 Å². The number of benzene rings is 1. The Bertz CT molecular complexity index is 637. The number of ether oxygens (including phenoxy) is 1. The van der Waals surface area contributed by atoms with Crippen LogP contribution in [0.3, 0.4) is 0 Å². The van der Waals surface area contributed by atoms with E-state index in [2.05, 4.69) is 4.98 Å². The highest BCUT2D eigenvalue weighted by Crippen LogP contribution is 2.18. The van der Waals surface area contributed by atoms with Crippen molar-refractivity contribution in [3.63, 3.8) is 0 Å². The Morgan fingerprint density at radius 2 is 2.28 bits per heavy atom. The van der Waals surface area contributed by atoms with E-state index in [4.69, 9.17) is 16.3 Å². The molecule has 1 aromatic carbocycles. The summed E-state index contributed by atoms with van der Waals surface area (Å²) in [5, 5.41) is 9.85. The van der Waals surface area contributed by atoms with E-state index in [1.54, 1.807) is 25.1 Å². The summed E-state index contributed by atoms with van der Waals surface area (Å²) in [6.45, 7) is 1.70. The van der Waals surface area contributed by atoms with E-state index in [-0.39, 0.29) is 17.4 Å². The van der Waals surface area contributed by atoms with Crippen LogP contribution < -0.4 is 10.3 Å². The van der Waals surface area contributed by atoms with Gasteiger partial charge in [0.15, 0.2) is 0 Å². The van der Waals surface area contributed by atoms with Crippen molar-refractivity contribution in [2.75, 3.05) is 7.11 Å². The van der Waals surface area contributed by atoms with Crippen molar-refractivity contribution in [3.05, 3.63) is 33.8 Å². The van der Waals surface area contributed by atoms with Crippen LogP contribution in [0, 0.1) is 0 Å². The maximum atomic E-state index is 12.2. The molecule has 2 aromatic rings. The zero-order valence-corrected chi connectivity index (χ0v) is 10.8. The zero-order valence-electron chi connectivity index (χ0n) is 10.1. The van der Waals surface area contributed by atoms with E-state index in [1.807, 2.05) is 0 Å². The lowest BCUT2D eigenvalue weighted by atomic mass is 10.2. The quantitative estimate of drug-likeness (QED) is 0.856. The smallest absolute Gasteiger partial charge is 0.262 e. The Morgan fingerprint density at radius 1 is 1.56 bits per heavy atom. The van der Waals surface area contributed by atoms with Gasteiger partial charge in [0.25, 0.3) is 5.56 Å². The van der Waals surface area contributed by atoms with Crippen LogP contribution in [0.15, 0.2) is 23.0 Å². The van der Waals surface area contributed by atoms with Gasteiger partial charge in [-0.3, -0.25) is 9.36 Å². The van der Waals surface area contributed by atoms with E-state index in [1.165, 1.54) is 11.7 Å². The Balaban J connectivity index is 2.67. The summed E-state index contributed by atoms with van der Waals surface area (Å²) in [5.74, 6) is 0.610. The number of aliphatic hydroxyl groups is 1. The third-order valence-corrected chi connectivity index (χ3v) is 2.85. The normalized spacial score (nSPS) is 12.7. The van der Waals surface area contributed by atoms with Gasteiger partial charge in [-0.25, -0.2) is 4.98 Å². The molecule has 0 aliphatic carbocycles. The summed E-state index contributed by atoms with van der Waals surface area (Å²) in [6.07, 6.45) is -0.669. The lowest BCUT2D eigenvalue weighted by molar-refractivity contribution is 0.172. The Labute approximate surface area is 109 Å². The first-order valence-corrected chi connectivity index (χ1v) is 5.83. The third-order valence-electron chi connectivity index (χ3n) is 2.56. The van der Waals surface area contributed by atoms with Gasteiger partial charge in [0.1, 0.15) is 5.75 Å². The molecule has 0 spiro atoms. The maximum Gasteiger partial charge on any atom is 0.262 e. The van der Waals surface area contributed by atoms with E-state index in [0.29, 0.717) is 16.7 Å². The van der Waals surface area contributed by atoms with Crippen molar-refractivity contribution in [1.82, 2.24) is 9.55 Å². The second-order valence-electron chi connectivity index (χ2n) is 4.03. The van der Waals surface area contributed by atoms with Gasteiger partial charge in [-0.1, -0.05) is 0 Å². The molecule has 1 N–H and O–H groups in total. The molecule has 0 aliphatic rings. The number of hydrogen-bond donors (Lipinski definition) is 1. The van der Waals surface area contributed by atoms with Gasteiger partial charge in [0.2, 0.25) is 5.28 Å². The minimum Gasteiger partial charge on any atom is -0.497 e. The molecule has 1 heterocycles. The summed E-state index contributed by atoms with van der Waals surface area (Å²) in [4.78, 5) is 16.3. The van der Waals surface area contributed by atoms with Crippen molar-refractivity contribution < 1.29 is 9.84 Å². The minimum absolute atomic E-state index is 0.0571. The number of hydrogen-bond acceptors (Lipinski definition) is 4.